The second-order valence-electron chi connectivity index (χ2n) is 5.86. The highest BCUT2D eigenvalue weighted by Gasteiger charge is 2.28. The van der Waals surface area contributed by atoms with E-state index in [9.17, 15) is 4.79 Å². The number of aromatic nitrogens is 2. The maximum absolute atomic E-state index is 12.6. The number of rotatable bonds is 4. The van der Waals surface area contributed by atoms with Crippen LogP contribution in [0.5, 0.6) is 0 Å². The second-order valence-corrected chi connectivity index (χ2v) is 5.86. The van der Waals surface area contributed by atoms with Crippen LogP contribution in [0, 0.1) is 5.92 Å². The molecule has 2 rings (SSSR count). The molecular formula is C14H24N4O. The molecule has 0 bridgehead atoms. The van der Waals surface area contributed by atoms with Crippen LogP contribution in [0.15, 0.2) is 12.3 Å². The van der Waals surface area contributed by atoms with Crippen LogP contribution < -0.4 is 0 Å². The molecule has 2 heterocycles. The van der Waals surface area contributed by atoms with E-state index in [4.69, 9.17) is 0 Å². The summed E-state index contributed by atoms with van der Waals surface area (Å²) < 4.78 is 0. The summed E-state index contributed by atoms with van der Waals surface area (Å²) in [5.74, 6) is 0.562. The summed E-state index contributed by atoms with van der Waals surface area (Å²) in [6.45, 7) is 7.25. The number of likely N-dealkylation sites (tertiary alicyclic amines) is 1. The third kappa shape index (κ3) is 3.56. The predicted molar refractivity (Wildman–Crippen MR) is 75.0 cm³/mol. The summed E-state index contributed by atoms with van der Waals surface area (Å²) in [7, 11) is 2.14. The number of H-pyrrole nitrogens is 1. The van der Waals surface area contributed by atoms with Gasteiger partial charge in [-0.2, -0.15) is 5.10 Å². The maximum Gasteiger partial charge on any atom is 0.272 e. The molecule has 0 spiro atoms. The molecule has 0 unspecified atom stereocenters. The molecule has 106 valence electrons. The summed E-state index contributed by atoms with van der Waals surface area (Å²) in [6, 6.07) is 2.11. The van der Waals surface area contributed by atoms with E-state index >= 15 is 0 Å². The number of amides is 1. The van der Waals surface area contributed by atoms with Crippen molar-refractivity contribution in [3.05, 3.63) is 18.0 Å². The Hall–Kier alpha value is -1.36. The van der Waals surface area contributed by atoms with E-state index in [0.717, 1.165) is 32.5 Å². The molecule has 1 aliphatic heterocycles. The highest BCUT2D eigenvalue weighted by Crippen LogP contribution is 2.19. The average molecular weight is 264 g/mol. The Bertz CT molecular complexity index is 394. The Labute approximate surface area is 115 Å². The Morgan fingerprint density at radius 1 is 1.53 bits per heavy atom. The Balaban J connectivity index is 2.09. The van der Waals surface area contributed by atoms with Gasteiger partial charge < -0.3 is 9.80 Å². The van der Waals surface area contributed by atoms with Gasteiger partial charge in [-0.25, -0.2) is 0 Å². The third-order valence-corrected chi connectivity index (χ3v) is 3.68. The molecule has 0 saturated carbocycles. The summed E-state index contributed by atoms with van der Waals surface area (Å²) >= 11 is 0. The Morgan fingerprint density at radius 2 is 2.21 bits per heavy atom. The molecule has 1 amide bonds. The first-order valence-electron chi connectivity index (χ1n) is 7.07. The van der Waals surface area contributed by atoms with Gasteiger partial charge in [0.05, 0.1) is 0 Å². The highest BCUT2D eigenvalue weighted by molar-refractivity contribution is 5.92. The standard InChI is InChI=1S/C14H24N4O/c1-11(2)10-18(12-5-8-17(3)9-6-12)14(19)13-4-7-15-16-13/h4,7,11-12H,5-6,8-10H2,1-3H3,(H,15,16). The van der Waals surface area contributed by atoms with Gasteiger partial charge in [-0.3, -0.25) is 9.89 Å². The monoisotopic (exact) mass is 264 g/mol. The number of hydrogen-bond donors (Lipinski definition) is 1. The van der Waals surface area contributed by atoms with Crippen LogP contribution in [0.3, 0.4) is 0 Å². The van der Waals surface area contributed by atoms with Gasteiger partial charge in [0.25, 0.3) is 5.91 Å². The van der Waals surface area contributed by atoms with Crippen molar-refractivity contribution >= 4 is 5.91 Å². The van der Waals surface area contributed by atoms with Gasteiger partial charge in [0.1, 0.15) is 5.69 Å². The molecule has 1 aromatic rings. The normalized spacial score (nSPS) is 17.9. The second kappa shape index (κ2) is 6.19. The highest BCUT2D eigenvalue weighted by atomic mass is 16.2. The van der Waals surface area contributed by atoms with Gasteiger partial charge in [-0.1, -0.05) is 13.8 Å². The molecule has 5 nitrogen and oxygen atoms in total. The molecule has 0 atom stereocenters. The van der Waals surface area contributed by atoms with Gasteiger partial charge in [0.15, 0.2) is 0 Å². The molecular weight excluding hydrogens is 240 g/mol. The van der Waals surface area contributed by atoms with E-state index in [1.807, 2.05) is 4.90 Å². The lowest BCUT2D eigenvalue weighted by Crippen LogP contribution is -2.48. The van der Waals surface area contributed by atoms with Crippen molar-refractivity contribution in [3.63, 3.8) is 0 Å². The number of hydrogen-bond acceptors (Lipinski definition) is 3. The van der Waals surface area contributed by atoms with Gasteiger partial charge in [0.2, 0.25) is 0 Å². The van der Waals surface area contributed by atoms with Crippen molar-refractivity contribution in [1.29, 1.82) is 0 Å². The van der Waals surface area contributed by atoms with Crippen LogP contribution in [-0.2, 0) is 0 Å². The third-order valence-electron chi connectivity index (χ3n) is 3.68. The first-order chi connectivity index (χ1) is 9.08. The Morgan fingerprint density at radius 3 is 2.74 bits per heavy atom. The summed E-state index contributed by atoms with van der Waals surface area (Å²) in [6.07, 6.45) is 3.75. The predicted octanol–water partition coefficient (Wildman–Crippen LogP) is 1.60. The van der Waals surface area contributed by atoms with Crippen molar-refractivity contribution in [1.82, 2.24) is 20.0 Å². The maximum atomic E-state index is 12.6. The van der Waals surface area contributed by atoms with Crippen LogP contribution in [0.2, 0.25) is 0 Å². The first-order valence-corrected chi connectivity index (χ1v) is 7.07. The van der Waals surface area contributed by atoms with Crippen molar-refractivity contribution in [2.45, 2.75) is 32.7 Å². The zero-order valence-corrected chi connectivity index (χ0v) is 12.1. The molecule has 0 aliphatic carbocycles. The summed E-state index contributed by atoms with van der Waals surface area (Å²) in [5.41, 5.74) is 0.597. The van der Waals surface area contributed by atoms with E-state index in [1.165, 1.54) is 0 Å². The van der Waals surface area contributed by atoms with Crippen LogP contribution in [0.4, 0.5) is 0 Å². The number of nitrogens with one attached hydrogen (secondary N) is 1. The minimum absolute atomic E-state index is 0.0840. The van der Waals surface area contributed by atoms with Crippen molar-refractivity contribution < 1.29 is 4.79 Å². The lowest BCUT2D eigenvalue weighted by atomic mass is 10.0. The number of aromatic amines is 1. The topological polar surface area (TPSA) is 52.2 Å². The Kier molecular flexibility index (Phi) is 4.58. The summed E-state index contributed by atoms with van der Waals surface area (Å²) in [5, 5.41) is 6.67. The number of piperidine rings is 1. The van der Waals surface area contributed by atoms with E-state index in [-0.39, 0.29) is 5.91 Å². The molecule has 1 N–H and O–H groups in total. The first kappa shape index (κ1) is 14.1. The molecule has 0 aromatic carbocycles. The lowest BCUT2D eigenvalue weighted by Gasteiger charge is -2.38. The van der Waals surface area contributed by atoms with Crippen LogP contribution in [0.25, 0.3) is 0 Å². The van der Waals surface area contributed by atoms with E-state index in [0.29, 0.717) is 17.7 Å². The molecule has 5 heteroatoms. The zero-order chi connectivity index (χ0) is 13.8. The smallest absolute Gasteiger partial charge is 0.272 e. The largest absolute Gasteiger partial charge is 0.334 e. The lowest BCUT2D eigenvalue weighted by molar-refractivity contribution is 0.0553. The molecule has 1 saturated heterocycles. The molecule has 1 aromatic heterocycles. The van der Waals surface area contributed by atoms with Crippen LogP contribution in [0.1, 0.15) is 37.2 Å². The van der Waals surface area contributed by atoms with Crippen LogP contribution >= 0.6 is 0 Å². The van der Waals surface area contributed by atoms with E-state index < -0.39 is 0 Å². The number of nitrogens with zero attached hydrogens (tertiary/aromatic N) is 3. The zero-order valence-electron chi connectivity index (χ0n) is 12.1. The molecule has 19 heavy (non-hydrogen) atoms. The average Bonchev–Trinajstić information content (AvgIpc) is 2.90. The molecule has 1 fully saturated rings. The number of carbonyl (C=O) groups is 1. The fourth-order valence-corrected chi connectivity index (χ4v) is 2.63. The minimum Gasteiger partial charge on any atom is -0.334 e. The SMILES string of the molecule is CC(C)CN(C(=O)c1ccn[nH]1)C1CCN(C)CC1. The molecule has 0 radical (unpaired) electrons. The fraction of sp³-hybridized carbons (Fsp3) is 0.714. The van der Waals surface area contributed by atoms with Crippen LogP contribution in [-0.4, -0.2) is 58.6 Å². The quantitative estimate of drug-likeness (QED) is 0.898. The van der Waals surface area contributed by atoms with Gasteiger partial charge in [0, 0.05) is 18.8 Å². The number of carbonyl (C=O) groups excluding carboxylic acids is 1. The molecule has 1 aliphatic rings. The van der Waals surface area contributed by atoms with Gasteiger partial charge >= 0.3 is 0 Å². The van der Waals surface area contributed by atoms with Crippen molar-refractivity contribution in [3.8, 4) is 0 Å². The van der Waals surface area contributed by atoms with Crippen molar-refractivity contribution in [2.24, 2.45) is 5.92 Å². The van der Waals surface area contributed by atoms with E-state index in [1.54, 1.807) is 12.3 Å². The van der Waals surface area contributed by atoms with Crippen molar-refractivity contribution in [2.75, 3.05) is 26.7 Å². The van der Waals surface area contributed by atoms with Gasteiger partial charge in [-0.15, -0.1) is 0 Å². The van der Waals surface area contributed by atoms with Gasteiger partial charge in [-0.05, 0) is 45.0 Å². The fourth-order valence-electron chi connectivity index (χ4n) is 2.63. The van der Waals surface area contributed by atoms with E-state index in [2.05, 4.69) is 36.0 Å². The minimum atomic E-state index is 0.0840. The summed E-state index contributed by atoms with van der Waals surface area (Å²) in [4.78, 5) is 16.9.